The molecule has 1 fully saturated rings. The highest BCUT2D eigenvalue weighted by molar-refractivity contribution is 5.95. The van der Waals surface area contributed by atoms with E-state index in [1.54, 1.807) is 24.1 Å². The first kappa shape index (κ1) is 18.6. The smallest absolute Gasteiger partial charge is 0.231 e. The van der Waals surface area contributed by atoms with E-state index in [0.29, 0.717) is 25.1 Å². The number of nitrogens with one attached hydrogen (secondary N) is 2. The van der Waals surface area contributed by atoms with Gasteiger partial charge in [0.05, 0.1) is 12.3 Å². The predicted octanol–water partition coefficient (Wildman–Crippen LogP) is 2.36. The summed E-state index contributed by atoms with van der Waals surface area (Å²) in [5.74, 6) is -0.310. The summed E-state index contributed by atoms with van der Waals surface area (Å²) in [7, 11) is 1.76. The van der Waals surface area contributed by atoms with E-state index in [1.807, 2.05) is 42.5 Å². The Morgan fingerprint density at radius 3 is 2.44 bits per heavy atom. The van der Waals surface area contributed by atoms with Gasteiger partial charge in [-0.1, -0.05) is 30.3 Å². The standard InChI is InChI=1S/C21H23N3O3/c1-24(18-5-3-2-4-6-18)20(26)13-15-7-10-17(11-8-15)23-21(27)16-9-12-19(25)22-14-16/h2-8,10-11,16H,9,12-14H2,1H3,(H,22,25)(H,23,27). The number of para-hydroxylation sites is 1. The van der Waals surface area contributed by atoms with E-state index in [4.69, 9.17) is 0 Å². The maximum atomic E-state index is 12.4. The number of hydrogen-bond donors (Lipinski definition) is 2. The van der Waals surface area contributed by atoms with Gasteiger partial charge in [0.2, 0.25) is 17.7 Å². The molecular formula is C21H23N3O3. The van der Waals surface area contributed by atoms with Crippen molar-refractivity contribution in [2.24, 2.45) is 5.92 Å². The Morgan fingerprint density at radius 2 is 1.81 bits per heavy atom. The molecule has 3 amide bonds. The zero-order chi connectivity index (χ0) is 19.2. The first-order chi connectivity index (χ1) is 13.0. The Balaban J connectivity index is 1.54. The third-order valence-corrected chi connectivity index (χ3v) is 4.73. The van der Waals surface area contributed by atoms with Crippen molar-refractivity contribution in [3.8, 4) is 0 Å². The van der Waals surface area contributed by atoms with E-state index < -0.39 is 0 Å². The van der Waals surface area contributed by atoms with E-state index in [0.717, 1.165) is 11.3 Å². The van der Waals surface area contributed by atoms with Crippen molar-refractivity contribution < 1.29 is 14.4 Å². The maximum Gasteiger partial charge on any atom is 0.231 e. The SMILES string of the molecule is CN(C(=O)Cc1ccc(NC(=O)C2CCC(=O)NC2)cc1)c1ccccc1. The van der Waals surface area contributed by atoms with E-state index in [2.05, 4.69) is 10.6 Å². The Kier molecular flexibility index (Phi) is 5.86. The number of nitrogens with zero attached hydrogens (tertiary/aromatic N) is 1. The summed E-state index contributed by atoms with van der Waals surface area (Å²) >= 11 is 0. The average molecular weight is 365 g/mol. The van der Waals surface area contributed by atoms with Gasteiger partial charge in [-0.25, -0.2) is 0 Å². The van der Waals surface area contributed by atoms with Crippen molar-refractivity contribution >= 4 is 29.1 Å². The van der Waals surface area contributed by atoms with E-state index >= 15 is 0 Å². The van der Waals surface area contributed by atoms with E-state index in [-0.39, 0.29) is 30.1 Å². The van der Waals surface area contributed by atoms with Gasteiger partial charge in [0.25, 0.3) is 0 Å². The third kappa shape index (κ3) is 4.94. The van der Waals surface area contributed by atoms with Crippen LogP contribution in [0.15, 0.2) is 54.6 Å². The number of rotatable bonds is 5. The Morgan fingerprint density at radius 1 is 1.11 bits per heavy atom. The lowest BCUT2D eigenvalue weighted by Crippen LogP contribution is -2.40. The zero-order valence-corrected chi connectivity index (χ0v) is 15.3. The number of anilines is 2. The molecule has 0 radical (unpaired) electrons. The monoisotopic (exact) mass is 365 g/mol. The van der Waals surface area contributed by atoms with Gasteiger partial charge in [0, 0.05) is 31.4 Å². The quantitative estimate of drug-likeness (QED) is 0.854. The Hall–Kier alpha value is -3.15. The predicted molar refractivity (Wildman–Crippen MR) is 104 cm³/mol. The van der Waals surface area contributed by atoms with Crippen molar-refractivity contribution in [3.63, 3.8) is 0 Å². The number of carbonyl (C=O) groups excluding carboxylic acids is 3. The van der Waals surface area contributed by atoms with Gasteiger partial charge in [0.15, 0.2) is 0 Å². The van der Waals surface area contributed by atoms with Gasteiger partial charge in [-0.3, -0.25) is 14.4 Å². The van der Waals surface area contributed by atoms with Crippen molar-refractivity contribution in [2.75, 3.05) is 23.8 Å². The van der Waals surface area contributed by atoms with Crippen LogP contribution in [0.4, 0.5) is 11.4 Å². The van der Waals surface area contributed by atoms with E-state index in [1.165, 1.54) is 0 Å². The van der Waals surface area contributed by atoms with Gasteiger partial charge < -0.3 is 15.5 Å². The summed E-state index contributed by atoms with van der Waals surface area (Å²) < 4.78 is 0. The van der Waals surface area contributed by atoms with Crippen molar-refractivity contribution in [2.45, 2.75) is 19.3 Å². The number of carbonyl (C=O) groups is 3. The van der Waals surface area contributed by atoms with Gasteiger partial charge in [0.1, 0.15) is 0 Å². The molecule has 0 saturated carbocycles. The van der Waals surface area contributed by atoms with Crippen molar-refractivity contribution in [1.82, 2.24) is 5.32 Å². The molecule has 27 heavy (non-hydrogen) atoms. The van der Waals surface area contributed by atoms with Gasteiger partial charge >= 0.3 is 0 Å². The first-order valence-electron chi connectivity index (χ1n) is 9.01. The molecule has 1 aliphatic heterocycles. The molecule has 2 aromatic carbocycles. The summed E-state index contributed by atoms with van der Waals surface area (Å²) in [5, 5.41) is 5.58. The molecule has 1 atom stereocenters. The third-order valence-electron chi connectivity index (χ3n) is 4.73. The number of benzene rings is 2. The van der Waals surface area contributed by atoms with Crippen molar-refractivity contribution in [3.05, 3.63) is 60.2 Å². The summed E-state index contributed by atoms with van der Waals surface area (Å²) in [6.45, 7) is 0.378. The minimum atomic E-state index is -0.205. The normalized spacial score (nSPS) is 16.3. The molecule has 1 saturated heterocycles. The van der Waals surface area contributed by atoms with Crippen LogP contribution in [0.25, 0.3) is 0 Å². The minimum Gasteiger partial charge on any atom is -0.355 e. The molecule has 6 nitrogen and oxygen atoms in total. The largest absolute Gasteiger partial charge is 0.355 e. The fourth-order valence-corrected chi connectivity index (χ4v) is 3.00. The summed E-state index contributed by atoms with van der Waals surface area (Å²) in [6.07, 6.45) is 1.23. The van der Waals surface area contributed by atoms with Gasteiger partial charge in [-0.05, 0) is 36.2 Å². The van der Waals surface area contributed by atoms with Crippen LogP contribution in [0.1, 0.15) is 18.4 Å². The van der Waals surface area contributed by atoms with Gasteiger partial charge in [-0.2, -0.15) is 0 Å². The molecular weight excluding hydrogens is 342 g/mol. The van der Waals surface area contributed by atoms with Crippen LogP contribution in [-0.4, -0.2) is 31.3 Å². The molecule has 1 unspecified atom stereocenters. The molecule has 2 aromatic rings. The lowest BCUT2D eigenvalue weighted by molar-refractivity contribution is -0.126. The molecule has 1 heterocycles. The van der Waals surface area contributed by atoms with Crippen LogP contribution in [0.5, 0.6) is 0 Å². The highest BCUT2D eigenvalue weighted by atomic mass is 16.2. The van der Waals surface area contributed by atoms with Gasteiger partial charge in [-0.15, -0.1) is 0 Å². The molecule has 0 aliphatic carbocycles. The molecule has 140 valence electrons. The number of amides is 3. The number of piperidine rings is 1. The second-order valence-corrected chi connectivity index (χ2v) is 6.69. The molecule has 0 spiro atoms. The lowest BCUT2D eigenvalue weighted by Gasteiger charge is -2.21. The topological polar surface area (TPSA) is 78.5 Å². The second-order valence-electron chi connectivity index (χ2n) is 6.69. The van der Waals surface area contributed by atoms with E-state index in [9.17, 15) is 14.4 Å². The fourth-order valence-electron chi connectivity index (χ4n) is 3.00. The Labute approximate surface area is 158 Å². The molecule has 6 heteroatoms. The molecule has 0 aromatic heterocycles. The van der Waals surface area contributed by atoms with Crippen LogP contribution in [0, 0.1) is 5.92 Å². The Bertz CT molecular complexity index is 808. The molecule has 0 bridgehead atoms. The van der Waals surface area contributed by atoms with Crippen LogP contribution in [-0.2, 0) is 20.8 Å². The molecule has 3 rings (SSSR count). The number of likely N-dealkylation sites (N-methyl/N-ethyl adjacent to an activating group) is 1. The maximum absolute atomic E-state index is 12.4. The molecule has 2 N–H and O–H groups in total. The average Bonchev–Trinajstić information content (AvgIpc) is 2.70. The second kappa shape index (κ2) is 8.49. The number of hydrogen-bond acceptors (Lipinski definition) is 3. The summed E-state index contributed by atoms with van der Waals surface area (Å²) in [5.41, 5.74) is 2.42. The molecule has 1 aliphatic rings. The van der Waals surface area contributed by atoms with Crippen LogP contribution >= 0.6 is 0 Å². The van der Waals surface area contributed by atoms with Crippen LogP contribution in [0.2, 0.25) is 0 Å². The fraction of sp³-hybridized carbons (Fsp3) is 0.286. The van der Waals surface area contributed by atoms with Crippen LogP contribution in [0.3, 0.4) is 0 Å². The first-order valence-corrected chi connectivity index (χ1v) is 9.01. The summed E-state index contributed by atoms with van der Waals surface area (Å²) in [4.78, 5) is 37.5. The minimum absolute atomic E-state index is 0.00377. The zero-order valence-electron chi connectivity index (χ0n) is 15.3. The lowest BCUT2D eigenvalue weighted by atomic mass is 9.98. The van der Waals surface area contributed by atoms with Crippen LogP contribution < -0.4 is 15.5 Å². The van der Waals surface area contributed by atoms with Crippen molar-refractivity contribution in [1.29, 1.82) is 0 Å². The highest BCUT2D eigenvalue weighted by Crippen LogP contribution is 2.17. The summed E-state index contributed by atoms with van der Waals surface area (Å²) in [6, 6.07) is 16.8. The highest BCUT2D eigenvalue weighted by Gasteiger charge is 2.24.